The molecule has 3 heteroatoms. The van der Waals surface area contributed by atoms with E-state index < -0.39 is 0 Å². The molecule has 0 atom stereocenters. The van der Waals surface area contributed by atoms with Gasteiger partial charge in [0.1, 0.15) is 11.2 Å². The van der Waals surface area contributed by atoms with Crippen LogP contribution in [-0.2, 0) is 0 Å². The van der Waals surface area contributed by atoms with Gasteiger partial charge in [-0.1, -0.05) is 146 Å². The van der Waals surface area contributed by atoms with Crippen LogP contribution in [0.15, 0.2) is 211 Å². The summed E-state index contributed by atoms with van der Waals surface area (Å²) in [5.41, 5.74) is 13.1. The molecule has 0 amide bonds. The quantitative estimate of drug-likeness (QED) is 0.172. The lowest BCUT2D eigenvalue weighted by atomic mass is 9.98. The maximum Gasteiger partial charge on any atom is 0.143 e. The van der Waals surface area contributed by atoms with Crippen molar-refractivity contribution in [2.45, 2.75) is 0 Å². The van der Waals surface area contributed by atoms with E-state index in [0.29, 0.717) is 0 Å². The highest BCUT2D eigenvalue weighted by Crippen LogP contribution is 2.45. The van der Waals surface area contributed by atoms with Crippen LogP contribution in [0.4, 0.5) is 17.1 Å². The van der Waals surface area contributed by atoms with Crippen molar-refractivity contribution in [1.82, 2.24) is 4.57 Å². The van der Waals surface area contributed by atoms with Gasteiger partial charge in [-0.2, -0.15) is 0 Å². The maximum absolute atomic E-state index is 6.83. The van der Waals surface area contributed by atoms with Crippen LogP contribution in [0.5, 0.6) is 0 Å². The Labute approximate surface area is 318 Å². The Kier molecular flexibility index (Phi) is 7.17. The van der Waals surface area contributed by atoms with Gasteiger partial charge in [0, 0.05) is 55.1 Å². The smallest absolute Gasteiger partial charge is 0.143 e. The van der Waals surface area contributed by atoms with E-state index in [2.05, 4.69) is 216 Å². The molecule has 11 aromatic rings. The van der Waals surface area contributed by atoms with Gasteiger partial charge in [0.25, 0.3) is 0 Å². The van der Waals surface area contributed by atoms with Crippen molar-refractivity contribution < 1.29 is 4.42 Å². The van der Waals surface area contributed by atoms with Crippen LogP contribution in [0.25, 0.3) is 82.5 Å². The van der Waals surface area contributed by atoms with Crippen LogP contribution in [0.3, 0.4) is 0 Å². The molecule has 0 aliphatic rings. The molecule has 0 N–H and O–H groups in total. The van der Waals surface area contributed by atoms with Crippen molar-refractivity contribution in [2.24, 2.45) is 0 Å². The van der Waals surface area contributed by atoms with Gasteiger partial charge in [0.15, 0.2) is 0 Å². The van der Waals surface area contributed by atoms with Crippen molar-refractivity contribution in [3.8, 4) is 27.9 Å². The van der Waals surface area contributed by atoms with Crippen LogP contribution in [0, 0.1) is 0 Å². The van der Waals surface area contributed by atoms with Gasteiger partial charge in [-0.15, -0.1) is 0 Å². The van der Waals surface area contributed by atoms with Crippen molar-refractivity contribution >= 4 is 71.6 Å². The Morgan fingerprint density at radius 1 is 0.364 bits per heavy atom. The minimum atomic E-state index is 0.896. The first kappa shape index (κ1) is 31.2. The van der Waals surface area contributed by atoms with Crippen LogP contribution in [0.1, 0.15) is 0 Å². The summed E-state index contributed by atoms with van der Waals surface area (Å²) in [7, 11) is 0. The van der Waals surface area contributed by atoms with E-state index >= 15 is 0 Å². The molecule has 0 bridgehead atoms. The van der Waals surface area contributed by atoms with Gasteiger partial charge in [-0.25, -0.2) is 0 Å². The number of rotatable bonds is 6. The number of fused-ring (bicyclic) bond motifs is 8. The lowest BCUT2D eigenvalue weighted by Gasteiger charge is -2.28. The van der Waals surface area contributed by atoms with E-state index in [0.717, 1.165) is 66.8 Å². The summed E-state index contributed by atoms with van der Waals surface area (Å²) in [5.74, 6) is 0. The highest BCUT2D eigenvalue weighted by atomic mass is 16.3. The summed E-state index contributed by atoms with van der Waals surface area (Å²) < 4.78 is 9.20. The third-order valence-electron chi connectivity index (χ3n) is 11.0. The second kappa shape index (κ2) is 12.6. The number of furan rings is 1. The van der Waals surface area contributed by atoms with Gasteiger partial charge in [0.2, 0.25) is 0 Å². The first-order valence-electron chi connectivity index (χ1n) is 18.8. The largest absolute Gasteiger partial charge is 0.455 e. The summed E-state index contributed by atoms with van der Waals surface area (Å²) in [4.78, 5) is 2.35. The van der Waals surface area contributed by atoms with Crippen molar-refractivity contribution in [3.63, 3.8) is 0 Å². The number of benzene rings is 9. The molecule has 9 aromatic carbocycles. The second-order valence-corrected chi connectivity index (χ2v) is 14.1. The highest BCUT2D eigenvalue weighted by molar-refractivity contribution is 6.17. The number of aromatic nitrogens is 1. The summed E-state index contributed by atoms with van der Waals surface area (Å²) >= 11 is 0. The molecule has 0 spiro atoms. The van der Waals surface area contributed by atoms with Gasteiger partial charge in [0.05, 0.1) is 16.7 Å². The maximum atomic E-state index is 6.83. The molecule has 0 saturated heterocycles. The van der Waals surface area contributed by atoms with Crippen molar-refractivity contribution in [3.05, 3.63) is 206 Å². The van der Waals surface area contributed by atoms with E-state index in [1.807, 2.05) is 0 Å². The summed E-state index contributed by atoms with van der Waals surface area (Å²) in [6.45, 7) is 0. The van der Waals surface area contributed by atoms with Crippen LogP contribution < -0.4 is 4.90 Å². The first-order valence-corrected chi connectivity index (χ1v) is 18.8. The Hall–Kier alpha value is -7.36. The molecule has 258 valence electrons. The lowest BCUT2D eigenvalue weighted by Crippen LogP contribution is -2.11. The molecular formula is C52H34N2O. The van der Waals surface area contributed by atoms with Gasteiger partial charge in [-0.3, -0.25) is 0 Å². The number of nitrogens with zero attached hydrogens (tertiary/aromatic N) is 2. The third kappa shape index (κ3) is 5.05. The van der Waals surface area contributed by atoms with E-state index in [1.165, 1.54) is 32.8 Å². The molecule has 2 heterocycles. The normalized spacial score (nSPS) is 11.6. The van der Waals surface area contributed by atoms with E-state index in [4.69, 9.17) is 4.42 Å². The van der Waals surface area contributed by atoms with Crippen LogP contribution in [-0.4, -0.2) is 4.57 Å². The average molecular weight is 703 g/mol. The van der Waals surface area contributed by atoms with E-state index in [9.17, 15) is 0 Å². The molecule has 11 rings (SSSR count). The number of para-hydroxylation sites is 5. The molecular weight excluding hydrogens is 669 g/mol. The van der Waals surface area contributed by atoms with Crippen molar-refractivity contribution in [2.75, 3.05) is 4.90 Å². The predicted molar refractivity (Wildman–Crippen MR) is 231 cm³/mol. The SMILES string of the molecule is c1ccc(N(c2ccc(-c3cccc(-n4c5ccccc5c5ccccc54)c3)cc2)c2ccccc2-c2cccc3c2oc2c4ccccc4ccc32)cc1. The molecule has 2 aromatic heterocycles. The van der Waals surface area contributed by atoms with E-state index in [-0.39, 0.29) is 0 Å². The molecule has 3 nitrogen and oxygen atoms in total. The van der Waals surface area contributed by atoms with E-state index in [1.54, 1.807) is 0 Å². The highest BCUT2D eigenvalue weighted by Gasteiger charge is 2.21. The Morgan fingerprint density at radius 3 is 1.76 bits per heavy atom. The molecule has 0 aliphatic heterocycles. The summed E-state index contributed by atoms with van der Waals surface area (Å²) in [6, 6.07) is 73.8. The fourth-order valence-corrected chi connectivity index (χ4v) is 8.47. The molecule has 55 heavy (non-hydrogen) atoms. The second-order valence-electron chi connectivity index (χ2n) is 14.1. The van der Waals surface area contributed by atoms with Crippen LogP contribution >= 0.6 is 0 Å². The molecule has 0 fully saturated rings. The minimum absolute atomic E-state index is 0.896. The third-order valence-corrected chi connectivity index (χ3v) is 11.0. The molecule has 0 aliphatic carbocycles. The van der Waals surface area contributed by atoms with Gasteiger partial charge >= 0.3 is 0 Å². The fourth-order valence-electron chi connectivity index (χ4n) is 8.47. The van der Waals surface area contributed by atoms with Gasteiger partial charge < -0.3 is 13.9 Å². The molecule has 0 saturated carbocycles. The summed E-state index contributed by atoms with van der Waals surface area (Å²) in [6.07, 6.45) is 0. The predicted octanol–water partition coefficient (Wildman–Crippen LogP) is 14.6. The Morgan fingerprint density at radius 2 is 0.964 bits per heavy atom. The Balaban J connectivity index is 1.03. The lowest BCUT2D eigenvalue weighted by molar-refractivity contribution is 0.674. The topological polar surface area (TPSA) is 21.3 Å². The van der Waals surface area contributed by atoms with Crippen molar-refractivity contribution in [1.29, 1.82) is 0 Å². The zero-order chi connectivity index (χ0) is 36.3. The fraction of sp³-hybridized carbons (Fsp3) is 0. The monoisotopic (exact) mass is 702 g/mol. The number of anilines is 3. The zero-order valence-electron chi connectivity index (χ0n) is 29.9. The standard InChI is InChI=1S/C52H34N2O/c1-2-16-38(17-3-1)53(48-25-9-8-22-44(48)45-23-13-24-46-47-33-30-36-14-4-5-19-41(36)51(47)55-52(45)46)39-31-28-35(29-32-39)37-15-12-18-40(34-37)54-49-26-10-6-20-42(49)43-21-7-11-27-50(43)54/h1-34H. The van der Waals surface area contributed by atoms with Crippen LogP contribution in [0.2, 0.25) is 0 Å². The summed E-state index contributed by atoms with van der Waals surface area (Å²) in [5, 5.41) is 7.08. The van der Waals surface area contributed by atoms with Gasteiger partial charge in [-0.05, 0) is 77.2 Å². The number of hydrogen-bond acceptors (Lipinski definition) is 2. The first-order chi connectivity index (χ1) is 27.3. The zero-order valence-corrected chi connectivity index (χ0v) is 29.9. The Bertz CT molecular complexity index is 3150. The number of hydrogen-bond donors (Lipinski definition) is 0. The molecule has 0 radical (unpaired) electrons. The average Bonchev–Trinajstić information content (AvgIpc) is 3.81. The molecule has 0 unspecified atom stereocenters. The minimum Gasteiger partial charge on any atom is -0.455 e.